The van der Waals surface area contributed by atoms with Crippen LogP contribution < -0.4 is 21.8 Å². The van der Waals surface area contributed by atoms with E-state index < -0.39 is 17.4 Å². The van der Waals surface area contributed by atoms with E-state index in [4.69, 9.17) is 0 Å². The number of benzene rings is 4. The van der Waals surface area contributed by atoms with Gasteiger partial charge in [0.15, 0.2) is 5.78 Å². The van der Waals surface area contributed by atoms with Gasteiger partial charge in [0.1, 0.15) is 5.82 Å². The monoisotopic (exact) mass is 785 g/mol. The zero-order valence-corrected chi connectivity index (χ0v) is 31.2. The maximum Gasteiger partial charge on any atom is 0.416 e. The quantitative estimate of drug-likeness (QED) is 0.145. The molecule has 2 aliphatic rings. The molecule has 298 valence electrons. The van der Waals surface area contributed by atoms with Crippen LogP contribution in [-0.4, -0.2) is 87.0 Å². The summed E-state index contributed by atoms with van der Waals surface area (Å²) in [5, 5.41) is 0.496. The van der Waals surface area contributed by atoms with Gasteiger partial charge in [0.2, 0.25) is 0 Å². The SMILES string of the molecule is O=C(c1ccc(F)cc1)C1CCN(CCn2c(=O)[nH]c3ccccc3c2=O)CC1.O=c1[nH]c2ccccc2n1CCN1CCN(c2cccc(C(F)(F)F)c2)CC1. The highest BCUT2D eigenvalue weighted by molar-refractivity contribution is 5.97. The summed E-state index contributed by atoms with van der Waals surface area (Å²) in [7, 11) is 0. The number of nitrogens with one attached hydrogen (secondary N) is 2. The number of nitrogens with zero attached hydrogens (tertiary/aromatic N) is 5. The van der Waals surface area contributed by atoms with E-state index in [1.54, 1.807) is 34.9 Å². The Hall–Kier alpha value is -5.80. The number of hydrogen-bond acceptors (Lipinski definition) is 7. The Labute approximate surface area is 324 Å². The van der Waals surface area contributed by atoms with Crippen molar-refractivity contribution in [1.29, 1.82) is 0 Å². The third-order valence-electron chi connectivity index (χ3n) is 10.8. The van der Waals surface area contributed by atoms with Gasteiger partial charge in [-0.25, -0.2) is 14.0 Å². The Morgan fingerprint density at radius 3 is 1.95 bits per heavy atom. The molecule has 0 aliphatic carbocycles. The second-order valence-electron chi connectivity index (χ2n) is 14.4. The molecule has 2 saturated heterocycles. The molecule has 0 unspecified atom stereocenters. The standard InChI is InChI=1S/C22H22FN3O3.C20H21F3N4O/c23-17-7-5-15(6-8-17)20(27)16-9-11-25(12-10-16)13-14-26-21(28)18-3-1-2-4-19(18)24-22(26)29;21-20(22,23)15-4-3-5-16(14-15)26-11-8-25(9-12-26)10-13-27-18-7-2-1-6-17(18)24-19(27)28/h1-8,16H,9-14H2,(H,24,29);1-7,14H,8-13H2,(H,24,28). The van der Waals surface area contributed by atoms with Crippen molar-refractivity contribution in [3.8, 4) is 0 Å². The number of aromatic nitrogens is 4. The minimum Gasteiger partial charge on any atom is -0.369 e. The van der Waals surface area contributed by atoms with Crippen molar-refractivity contribution < 1.29 is 22.4 Å². The topological polar surface area (TPSA) is 119 Å². The number of piperidine rings is 1. The van der Waals surface area contributed by atoms with E-state index >= 15 is 0 Å². The van der Waals surface area contributed by atoms with E-state index in [0.29, 0.717) is 67.7 Å². The minimum atomic E-state index is -4.33. The van der Waals surface area contributed by atoms with Gasteiger partial charge >= 0.3 is 17.6 Å². The fourth-order valence-electron chi connectivity index (χ4n) is 7.59. The molecule has 0 saturated carbocycles. The molecule has 6 aromatic rings. The summed E-state index contributed by atoms with van der Waals surface area (Å²) in [6, 6.07) is 25.7. The molecular formula is C42H43F4N7O4. The average Bonchev–Trinajstić information content (AvgIpc) is 3.54. The van der Waals surface area contributed by atoms with Crippen molar-refractivity contribution in [3.63, 3.8) is 0 Å². The number of carbonyl (C=O) groups excluding carboxylic acids is 1. The van der Waals surface area contributed by atoms with Crippen LogP contribution in [0.5, 0.6) is 0 Å². The van der Waals surface area contributed by atoms with Gasteiger partial charge in [0.05, 0.1) is 27.5 Å². The molecule has 2 fully saturated rings. The molecule has 4 heterocycles. The average molecular weight is 786 g/mol. The second kappa shape index (κ2) is 17.1. The van der Waals surface area contributed by atoms with Crippen molar-refractivity contribution in [2.45, 2.75) is 32.1 Å². The molecule has 4 aromatic carbocycles. The predicted molar refractivity (Wildman–Crippen MR) is 211 cm³/mol. The van der Waals surface area contributed by atoms with Crippen LogP contribution in [0.4, 0.5) is 23.2 Å². The number of hydrogen-bond donors (Lipinski definition) is 2. The first-order valence-electron chi connectivity index (χ1n) is 19.0. The molecule has 2 aliphatic heterocycles. The molecule has 57 heavy (non-hydrogen) atoms. The summed E-state index contributed by atoms with van der Waals surface area (Å²) in [6.45, 7) is 6.41. The van der Waals surface area contributed by atoms with Crippen molar-refractivity contribution in [2.75, 3.05) is 57.3 Å². The first kappa shape index (κ1) is 39.4. The molecule has 8 rings (SSSR count). The first-order chi connectivity index (χ1) is 27.4. The number of alkyl halides is 3. The van der Waals surface area contributed by atoms with E-state index in [9.17, 15) is 36.7 Å². The van der Waals surface area contributed by atoms with Crippen LogP contribution in [0, 0.1) is 11.7 Å². The highest BCUT2D eigenvalue weighted by Crippen LogP contribution is 2.32. The molecule has 0 spiro atoms. The van der Waals surface area contributed by atoms with Gasteiger partial charge < -0.3 is 19.8 Å². The number of carbonyl (C=O) groups is 1. The Morgan fingerprint density at radius 1 is 0.649 bits per heavy atom. The Morgan fingerprint density at radius 2 is 1.25 bits per heavy atom. The summed E-state index contributed by atoms with van der Waals surface area (Å²) in [6.07, 6.45) is -2.91. The zero-order valence-electron chi connectivity index (χ0n) is 31.2. The maximum absolute atomic E-state index is 13.0. The summed E-state index contributed by atoms with van der Waals surface area (Å²) in [5.41, 5.74) is 1.95. The second-order valence-corrected chi connectivity index (χ2v) is 14.4. The number of imidazole rings is 1. The van der Waals surface area contributed by atoms with Crippen LogP contribution in [0.2, 0.25) is 0 Å². The molecule has 15 heteroatoms. The van der Waals surface area contributed by atoms with Crippen LogP contribution in [0.1, 0.15) is 28.8 Å². The number of H-pyrrole nitrogens is 2. The summed E-state index contributed by atoms with van der Waals surface area (Å²) >= 11 is 0. The number of Topliss-reactive ketones (excluding diaryl/α,β-unsaturated/α-hetero) is 1. The fraction of sp³-hybridized carbons (Fsp3) is 0.333. The third kappa shape index (κ3) is 9.26. The molecule has 2 N–H and O–H groups in total. The predicted octanol–water partition coefficient (Wildman–Crippen LogP) is 5.59. The lowest BCUT2D eigenvalue weighted by atomic mass is 9.89. The van der Waals surface area contributed by atoms with Gasteiger partial charge in [0.25, 0.3) is 5.56 Å². The van der Waals surface area contributed by atoms with Crippen molar-refractivity contribution >= 4 is 33.4 Å². The maximum atomic E-state index is 13.0. The Bertz CT molecular complexity index is 2510. The van der Waals surface area contributed by atoms with Gasteiger partial charge in [-0.15, -0.1) is 0 Å². The lowest BCUT2D eigenvalue weighted by Crippen LogP contribution is -2.47. The molecule has 11 nitrogen and oxygen atoms in total. The number of likely N-dealkylation sites (tertiary alicyclic amines) is 1. The highest BCUT2D eigenvalue weighted by atomic mass is 19.4. The molecule has 0 radical (unpaired) electrons. The molecule has 2 aromatic heterocycles. The number of fused-ring (bicyclic) bond motifs is 2. The first-order valence-corrected chi connectivity index (χ1v) is 19.0. The fourth-order valence-corrected chi connectivity index (χ4v) is 7.59. The van der Waals surface area contributed by atoms with E-state index in [-0.39, 0.29) is 28.8 Å². The van der Waals surface area contributed by atoms with Gasteiger partial charge in [-0.2, -0.15) is 13.2 Å². The van der Waals surface area contributed by atoms with Gasteiger partial charge in [0, 0.05) is 69.5 Å². The Kier molecular flexibility index (Phi) is 11.9. The number of anilines is 1. The molecule has 0 bridgehead atoms. The van der Waals surface area contributed by atoms with Crippen LogP contribution in [0.15, 0.2) is 111 Å². The van der Waals surface area contributed by atoms with Gasteiger partial charge in [-0.1, -0.05) is 30.3 Å². The van der Waals surface area contributed by atoms with Gasteiger partial charge in [-0.05, 0) is 92.7 Å². The highest BCUT2D eigenvalue weighted by Gasteiger charge is 2.31. The minimum absolute atomic E-state index is 0.0480. The van der Waals surface area contributed by atoms with Crippen LogP contribution in [0.25, 0.3) is 21.9 Å². The van der Waals surface area contributed by atoms with Crippen molar-refractivity contribution in [3.05, 3.63) is 145 Å². The third-order valence-corrected chi connectivity index (χ3v) is 10.8. The number of aromatic amines is 2. The van der Waals surface area contributed by atoms with Crippen LogP contribution in [-0.2, 0) is 19.3 Å². The Balaban J connectivity index is 0.000000174. The van der Waals surface area contributed by atoms with Crippen molar-refractivity contribution in [2.24, 2.45) is 5.92 Å². The smallest absolute Gasteiger partial charge is 0.369 e. The van der Waals surface area contributed by atoms with E-state index in [1.807, 2.05) is 29.2 Å². The summed E-state index contributed by atoms with van der Waals surface area (Å²) in [5.74, 6) is -0.384. The van der Waals surface area contributed by atoms with Crippen LogP contribution in [0.3, 0.4) is 0 Å². The largest absolute Gasteiger partial charge is 0.416 e. The normalized spacial score (nSPS) is 15.8. The number of rotatable bonds is 9. The molecular weight excluding hydrogens is 742 g/mol. The van der Waals surface area contributed by atoms with E-state index in [2.05, 4.69) is 19.8 Å². The number of para-hydroxylation sites is 3. The number of halogens is 4. The number of ketones is 1. The lowest BCUT2D eigenvalue weighted by molar-refractivity contribution is -0.137. The van der Waals surface area contributed by atoms with E-state index in [0.717, 1.165) is 49.8 Å². The number of piperazine rings is 1. The molecule has 0 atom stereocenters. The lowest BCUT2D eigenvalue weighted by Gasteiger charge is -2.36. The summed E-state index contributed by atoms with van der Waals surface area (Å²) in [4.78, 5) is 61.6. The summed E-state index contributed by atoms with van der Waals surface area (Å²) < 4.78 is 54.8. The molecule has 0 amide bonds. The van der Waals surface area contributed by atoms with Crippen LogP contribution >= 0.6 is 0 Å². The van der Waals surface area contributed by atoms with E-state index in [1.165, 1.54) is 41.0 Å². The van der Waals surface area contributed by atoms with Crippen molar-refractivity contribution in [1.82, 2.24) is 28.9 Å². The zero-order chi connectivity index (χ0) is 40.1. The van der Waals surface area contributed by atoms with Gasteiger partial charge in [-0.3, -0.25) is 23.6 Å².